The summed E-state index contributed by atoms with van der Waals surface area (Å²) < 4.78 is 0. The first-order valence-electron chi connectivity index (χ1n) is 15.2. The van der Waals surface area contributed by atoms with Gasteiger partial charge in [-0.2, -0.15) is 0 Å². The fourth-order valence-electron chi connectivity index (χ4n) is 5.72. The van der Waals surface area contributed by atoms with E-state index in [1.54, 1.807) is 0 Å². The molecule has 1 heterocycles. The highest BCUT2D eigenvalue weighted by Gasteiger charge is 2.15. The Morgan fingerprint density at radius 3 is 1.37 bits per heavy atom. The lowest BCUT2D eigenvalue weighted by Crippen LogP contribution is -1.99. The number of anilines is 1. The van der Waals surface area contributed by atoms with Crippen LogP contribution in [-0.2, 0) is 32.1 Å². The minimum atomic E-state index is 0.777. The van der Waals surface area contributed by atoms with Crippen molar-refractivity contribution in [3.05, 3.63) is 119 Å². The number of nitrogens with zero attached hydrogens (tertiary/aromatic N) is 1. The van der Waals surface area contributed by atoms with Crippen molar-refractivity contribution in [3.63, 3.8) is 0 Å². The number of hydrogen-bond acceptors (Lipinski definition) is 2. The van der Waals surface area contributed by atoms with Crippen molar-refractivity contribution in [2.75, 3.05) is 5.73 Å². The first kappa shape index (κ1) is 28.4. The van der Waals surface area contributed by atoms with Gasteiger partial charge in [-0.05, 0) is 94.8 Å². The monoisotopic (exact) mass is 538 g/mol. The Labute approximate surface area is 246 Å². The zero-order valence-corrected chi connectivity index (χ0v) is 25.2. The number of aromatic nitrogens is 1. The van der Waals surface area contributed by atoms with Crippen LogP contribution in [0.2, 0.25) is 0 Å². The lowest BCUT2D eigenvalue weighted by molar-refractivity contribution is 1.08. The van der Waals surface area contributed by atoms with Crippen LogP contribution in [0.1, 0.15) is 62.4 Å². The highest BCUT2D eigenvalue weighted by atomic mass is 14.7. The fraction of sp³-hybridized carbons (Fsp3) is 0.256. The normalized spacial score (nSPS) is 11.1. The molecular weight excluding hydrogens is 496 g/mol. The van der Waals surface area contributed by atoms with Crippen LogP contribution in [0.3, 0.4) is 0 Å². The van der Waals surface area contributed by atoms with Gasteiger partial charge in [0.2, 0.25) is 0 Å². The summed E-state index contributed by atoms with van der Waals surface area (Å²) in [5, 5.41) is 0. The van der Waals surface area contributed by atoms with Crippen LogP contribution < -0.4 is 5.73 Å². The van der Waals surface area contributed by atoms with Gasteiger partial charge < -0.3 is 5.73 Å². The van der Waals surface area contributed by atoms with Crippen molar-refractivity contribution >= 4 is 5.69 Å². The molecule has 0 saturated heterocycles. The lowest BCUT2D eigenvalue weighted by Gasteiger charge is -2.17. The SMILES string of the molecule is CCc1ccc(-c2ccc(-c3cc(-c4ccc(CC)cc4CC)nc(-c4ccc(CC)cc4CC)c3)c(N)c2)cc1. The molecule has 2 N–H and O–H groups in total. The van der Waals surface area contributed by atoms with Gasteiger partial charge in [0.1, 0.15) is 0 Å². The molecule has 5 rings (SSSR count). The van der Waals surface area contributed by atoms with Crippen LogP contribution in [0.5, 0.6) is 0 Å². The van der Waals surface area contributed by atoms with E-state index in [4.69, 9.17) is 10.7 Å². The van der Waals surface area contributed by atoms with Crippen LogP contribution in [0.25, 0.3) is 44.8 Å². The minimum absolute atomic E-state index is 0.777. The van der Waals surface area contributed by atoms with Gasteiger partial charge in [0, 0.05) is 22.4 Å². The maximum absolute atomic E-state index is 6.79. The van der Waals surface area contributed by atoms with Gasteiger partial charge in [-0.1, -0.05) is 107 Å². The quantitative estimate of drug-likeness (QED) is 0.190. The summed E-state index contributed by atoms with van der Waals surface area (Å²) in [6.07, 6.45) is 5.02. The molecule has 4 aromatic carbocycles. The zero-order chi connectivity index (χ0) is 28.9. The summed E-state index contributed by atoms with van der Waals surface area (Å²) in [5.41, 5.74) is 23.1. The van der Waals surface area contributed by atoms with Gasteiger partial charge in [-0.3, -0.25) is 0 Å². The molecule has 0 fully saturated rings. The topological polar surface area (TPSA) is 38.9 Å². The molecule has 1 aromatic heterocycles. The molecule has 0 aliphatic rings. The first-order valence-corrected chi connectivity index (χ1v) is 15.2. The number of benzene rings is 4. The highest BCUT2D eigenvalue weighted by molar-refractivity contribution is 5.86. The van der Waals surface area contributed by atoms with Gasteiger partial charge in [-0.15, -0.1) is 0 Å². The number of nitrogens with two attached hydrogens (primary N) is 1. The largest absolute Gasteiger partial charge is 0.398 e. The Kier molecular flexibility index (Phi) is 8.69. The summed E-state index contributed by atoms with van der Waals surface area (Å²) >= 11 is 0. The Morgan fingerprint density at radius 1 is 0.439 bits per heavy atom. The third-order valence-electron chi connectivity index (χ3n) is 8.35. The zero-order valence-electron chi connectivity index (χ0n) is 25.2. The fourth-order valence-corrected chi connectivity index (χ4v) is 5.72. The first-order chi connectivity index (χ1) is 20.0. The molecular formula is C39H42N2. The number of pyridine rings is 1. The van der Waals surface area contributed by atoms with Crippen molar-refractivity contribution in [1.82, 2.24) is 4.98 Å². The van der Waals surface area contributed by atoms with Crippen LogP contribution in [0, 0.1) is 0 Å². The highest BCUT2D eigenvalue weighted by Crippen LogP contribution is 2.37. The summed E-state index contributed by atoms with van der Waals surface area (Å²) in [6, 6.07) is 33.3. The van der Waals surface area contributed by atoms with E-state index in [0.29, 0.717) is 0 Å². The van der Waals surface area contributed by atoms with Crippen molar-refractivity contribution in [3.8, 4) is 44.8 Å². The molecule has 2 heteroatoms. The van der Waals surface area contributed by atoms with Crippen molar-refractivity contribution in [1.29, 1.82) is 0 Å². The summed E-state index contributed by atoms with van der Waals surface area (Å²) in [4.78, 5) is 5.30. The second kappa shape index (κ2) is 12.6. The van der Waals surface area contributed by atoms with Crippen LogP contribution >= 0.6 is 0 Å². The van der Waals surface area contributed by atoms with E-state index in [0.717, 1.165) is 65.9 Å². The van der Waals surface area contributed by atoms with Gasteiger partial charge in [0.15, 0.2) is 0 Å². The number of rotatable bonds is 9. The molecule has 0 saturated carbocycles. The molecule has 208 valence electrons. The molecule has 0 bridgehead atoms. The van der Waals surface area contributed by atoms with Crippen LogP contribution in [-0.4, -0.2) is 4.98 Å². The standard InChI is InChI=1S/C39H42N2/c1-6-26-11-15-31(16-12-26)32-17-20-34(37(40)23-32)33-24-38(35-18-13-27(7-2)21-29(35)9-4)41-39(25-33)36-19-14-28(8-3)22-30(36)10-5/h11-25H,6-10,40H2,1-5H3. The van der Waals surface area contributed by atoms with Crippen molar-refractivity contribution in [2.24, 2.45) is 0 Å². The van der Waals surface area contributed by atoms with Crippen LogP contribution in [0.4, 0.5) is 5.69 Å². The van der Waals surface area contributed by atoms with E-state index in [2.05, 4.69) is 126 Å². The Hall–Kier alpha value is -4.17. The molecule has 0 aliphatic carbocycles. The predicted octanol–water partition coefficient (Wildman–Crippen LogP) is 10.1. The van der Waals surface area contributed by atoms with E-state index in [-0.39, 0.29) is 0 Å². The number of nitrogen functional groups attached to an aromatic ring is 1. The van der Waals surface area contributed by atoms with Crippen LogP contribution in [0.15, 0.2) is 91.0 Å². The minimum Gasteiger partial charge on any atom is -0.398 e. The molecule has 0 spiro atoms. The predicted molar refractivity (Wildman–Crippen MR) is 177 cm³/mol. The summed E-state index contributed by atoms with van der Waals surface area (Å²) in [6.45, 7) is 11.1. The number of hydrogen-bond donors (Lipinski definition) is 1. The Morgan fingerprint density at radius 2 is 0.902 bits per heavy atom. The van der Waals surface area contributed by atoms with Gasteiger partial charge in [-0.25, -0.2) is 4.98 Å². The van der Waals surface area contributed by atoms with E-state index in [1.807, 2.05) is 0 Å². The molecule has 2 nitrogen and oxygen atoms in total. The molecule has 0 radical (unpaired) electrons. The van der Waals surface area contributed by atoms with E-state index < -0.39 is 0 Å². The second-order valence-corrected chi connectivity index (χ2v) is 10.9. The maximum atomic E-state index is 6.79. The van der Waals surface area contributed by atoms with Crippen molar-refractivity contribution < 1.29 is 0 Å². The third-order valence-corrected chi connectivity index (χ3v) is 8.35. The van der Waals surface area contributed by atoms with Gasteiger partial charge >= 0.3 is 0 Å². The molecule has 0 atom stereocenters. The van der Waals surface area contributed by atoms with Crippen molar-refractivity contribution in [2.45, 2.75) is 66.7 Å². The summed E-state index contributed by atoms with van der Waals surface area (Å²) in [5.74, 6) is 0. The van der Waals surface area contributed by atoms with E-state index >= 15 is 0 Å². The van der Waals surface area contributed by atoms with Gasteiger partial charge in [0.05, 0.1) is 11.4 Å². The summed E-state index contributed by atoms with van der Waals surface area (Å²) in [7, 11) is 0. The Bertz CT molecular complexity index is 1590. The maximum Gasteiger partial charge on any atom is 0.0718 e. The van der Waals surface area contributed by atoms with Gasteiger partial charge in [0.25, 0.3) is 0 Å². The molecule has 0 amide bonds. The molecule has 0 aliphatic heterocycles. The molecule has 5 aromatic rings. The molecule has 0 unspecified atom stereocenters. The lowest BCUT2D eigenvalue weighted by atomic mass is 9.92. The van der Waals surface area contributed by atoms with E-state index in [1.165, 1.54) is 44.5 Å². The third kappa shape index (κ3) is 5.98. The smallest absolute Gasteiger partial charge is 0.0718 e. The van der Waals surface area contributed by atoms with E-state index in [9.17, 15) is 0 Å². The average molecular weight is 539 g/mol. The second-order valence-electron chi connectivity index (χ2n) is 10.9. The average Bonchev–Trinajstić information content (AvgIpc) is 3.03. The Balaban J connectivity index is 1.68. The molecule has 41 heavy (non-hydrogen) atoms. The number of aryl methyl sites for hydroxylation is 5.